The van der Waals surface area contributed by atoms with Gasteiger partial charge in [-0.3, -0.25) is 24.0 Å². The number of carbonyl (C=O) groups is 5. The van der Waals surface area contributed by atoms with E-state index in [4.69, 9.17) is 21.1 Å². The van der Waals surface area contributed by atoms with Gasteiger partial charge in [0, 0.05) is 29.2 Å². The van der Waals surface area contributed by atoms with Crippen molar-refractivity contribution in [2.45, 2.75) is 77.4 Å². The van der Waals surface area contributed by atoms with Gasteiger partial charge in [-0.25, -0.2) is 0 Å². The summed E-state index contributed by atoms with van der Waals surface area (Å²) in [6.45, 7) is 6.88. The number of carbonyl (C=O) groups excluding carboxylic acids is 5. The van der Waals surface area contributed by atoms with Crippen LogP contribution in [0.4, 0.5) is 0 Å². The van der Waals surface area contributed by atoms with Crippen LogP contribution < -0.4 is 0 Å². The molecule has 0 spiro atoms. The number of fused-ring (bicyclic) bond motifs is 5. The summed E-state index contributed by atoms with van der Waals surface area (Å²) in [7, 11) is 0. The molecule has 0 amide bonds. The van der Waals surface area contributed by atoms with Crippen LogP contribution in [0.25, 0.3) is 0 Å². The molecular formula is C27H29ClO7. The maximum atomic E-state index is 13.5. The van der Waals surface area contributed by atoms with Crippen molar-refractivity contribution < 1.29 is 33.4 Å². The first-order valence-electron chi connectivity index (χ1n) is 12.4. The molecular weight excluding hydrogens is 472 g/mol. The van der Waals surface area contributed by atoms with Gasteiger partial charge in [0.25, 0.3) is 0 Å². The van der Waals surface area contributed by atoms with Gasteiger partial charge in [-0.05, 0) is 62.0 Å². The van der Waals surface area contributed by atoms with E-state index in [0.717, 1.165) is 0 Å². The first-order valence-corrected chi connectivity index (χ1v) is 12.8. The minimum absolute atomic E-state index is 0.0000426. The topological polar surface area (TPSA) is 104 Å². The van der Waals surface area contributed by atoms with Gasteiger partial charge in [-0.1, -0.05) is 31.5 Å². The zero-order valence-electron chi connectivity index (χ0n) is 20.4. The van der Waals surface area contributed by atoms with E-state index in [-0.39, 0.29) is 47.9 Å². The summed E-state index contributed by atoms with van der Waals surface area (Å²) in [6, 6.07) is 0. The molecule has 35 heavy (non-hydrogen) atoms. The lowest BCUT2D eigenvalue weighted by atomic mass is 9.44. The van der Waals surface area contributed by atoms with Gasteiger partial charge in [-0.15, -0.1) is 0 Å². The molecule has 7 nitrogen and oxygen atoms in total. The highest BCUT2D eigenvalue weighted by atomic mass is 35.5. The molecule has 6 rings (SSSR count). The second-order valence-corrected chi connectivity index (χ2v) is 12.3. The molecule has 8 heteroatoms. The molecule has 8 atom stereocenters. The largest absolute Gasteiger partial charge is 0.451 e. The Labute approximate surface area is 208 Å². The minimum Gasteiger partial charge on any atom is -0.451 e. The third-order valence-electron chi connectivity index (χ3n) is 10.9. The van der Waals surface area contributed by atoms with E-state index < -0.39 is 39.4 Å². The SMILES string of the molecule is CC(=O)O[C@]1(C(C)=O)CC[C@H]2[C@@H]3C=C(Cl)C4=CC(=O)[C@]56C[C@]5(C(=O)CC(=O)O6)[C@]4(C)[C@H]3CC[C@@]21C. The van der Waals surface area contributed by atoms with Gasteiger partial charge in [-0.2, -0.15) is 0 Å². The van der Waals surface area contributed by atoms with E-state index in [1.165, 1.54) is 19.9 Å². The highest BCUT2D eigenvalue weighted by Crippen LogP contribution is 2.81. The van der Waals surface area contributed by atoms with E-state index in [2.05, 4.69) is 0 Å². The number of halogens is 1. The molecule has 1 saturated heterocycles. The Balaban J connectivity index is 1.50. The Morgan fingerprint density at radius 1 is 1.09 bits per heavy atom. The maximum Gasteiger partial charge on any atom is 0.314 e. The monoisotopic (exact) mass is 500 g/mol. The van der Waals surface area contributed by atoms with Crippen LogP contribution >= 0.6 is 11.6 Å². The van der Waals surface area contributed by atoms with Gasteiger partial charge >= 0.3 is 11.9 Å². The Morgan fingerprint density at radius 2 is 1.77 bits per heavy atom. The third-order valence-corrected chi connectivity index (χ3v) is 11.3. The Kier molecular flexibility index (Phi) is 4.32. The van der Waals surface area contributed by atoms with Crippen LogP contribution in [0.2, 0.25) is 0 Å². The molecule has 186 valence electrons. The molecule has 0 unspecified atom stereocenters. The third kappa shape index (κ3) is 2.29. The number of ketones is 3. The zero-order chi connectivity index (χ0) is 25.3. The molecule has 0 radical (unpaired) electrons. The second kappa shape index (κ2) is 6.53. The summed E-state index contributed by atoms with van der Waals surface area (Å²) in [5, 5.41) is 0.443. The van der Waals surface area contributed by atoms with Crippen molar-refractivity contribution in [2.75, 3.05) is 0 Å². The molecule has 0 aromatic heterocycles. The quantitative estimate of drug-likeness (QED) is 0.421. The lowest BCUT2D eigenvalue weighted by Gasteiger charge is -2.60. The van der Waals surface area contributed by atoms with Crippen molar-refractivity contribution in [3.05, 3.63) is 22.8 Å². The average Bonchev–Trinajstić information content (AvgIpc) is 3.39. The van der Waals surface area contributed by atoms with Crippen LogP contribution in [-0.4, -0.2) is 40.5 Å². The smallest absolute Gasteiger partial charge is 0.314 e. The van der Waals surface area contributed by atoms with Gasteiger partial charge in [0.15, 0.2) is 22.8 Å². The van der Waals surface area contributed by atoms with Crippen LogP contribution in [0.3, 0.4) is 0 Å². The van der Waals surface area contributed by atoms with E-state index >= 15 is 0 Å². The standard InChI is InChI=1S/C27H29ClO7/c1-13(29)26(34-14(2)30)8-6-16-15-9-19(28)18-10-21(32)27-12-25(27,20(31)11-22(33)35-27)24(18,4)17(15)5-7-23(16,26)3/h9-10,15-17H,5-8,11-12H2,1-4H3/t15-,16-,17-,23-,24+,25-,26-,27+/m0/s1. The Hall–Kier alpha value is -2.28. The van der Waals surface area contributed by atoms with Crippen molar-refractivity contribution in [1.29, 1.82) is 0 Å². The van der Waals surface area contributed by atoms with Crippen molar-refractivity contribution in [3.8, 4) is 0 Å². The van der Waals surface area contributed by atoms with Crippen molar-refractivity contribution in [2.24, 2.45) is 34.0 Å². The van der Waals surface area contributed by atoms with Crippen LogP contribution in [-0.2, 0) is 33.4 Å². The van der Waals surface area contributed by atoms with Crippen LogP contribution in [0.15, 0.2) is 22.8 Å². The summed E-state index contributed by atoms with van der Waals surface area (Å²) in [5.74, 6) is -1.98. The van der Waals surface area contributed by atoms with Gasteiger partial charge < -0.3 is 9.47 Å². The average molecular weight is 501 g/mol. The molecule has 0 aromatic rings. The van der Waals surface area contributed by atoms with E-state index in [1.54, 1.807) is 0 Å². The van der Waals surface area contributed by atoms with Crippen molar-refractivity contribution in [1.82, 2.24) is 0 Å². The normalized spacial score (nSPS) is 49.3. The Bertz CT molecular complexity index is 1220. The molecule has 4 fully saturated rings. The first kappa shape index (κ1) is 23.1. The molecule has 6 aliphatic rings. The summed E-state index contributed by atoms with van der Waals surface area (Å²) in [4.78, 5) is 64.0. The fourth-order valence-electron chi connectivity index (χ4n) is 9.41. The number of rotatable bonds is 2. The predicted molar refractivity (Wildman–Crippen MR) is 123 cm³/mol. The van der Waals surface area contributed by atoms with E-state index in [1.807, 2.05) is 19.9 Å². The molecule has 0 aromatic carbocycles. The lowest BCUT2D eigenvalue weighted by Crippen LogP contribution is -2.62. The van der Waals surface area contributed by atoms with Crippen LogP contribution in [0.5, 0.6) is 0 Å². The number of ether oxygens (including phenoxy) is 2. The highest BCUT2D eigenvalue weighted by molar-refractivity contribution is 6.33. The summed E-state index contributed by atoms with van der Waals surface area (Å²) < 4.78 is 11.5. The fourth-order valence-corrected chi connectivity index (χ4v) is 9.81. The number of allylic oxidation sites excluding steroid dienone is 3. The number of esters is 2. The maximum absolute atomic E-state index is 13.5. The minimum atomic E-state index is -1.42. The highest BCUT2D eigenvalue weighted by Gasteiger charge is 2.89. The zero-order valence-corrected chi connectivity index (χ0v) is 21.1. The predicted octanol–water partition coefficient (Wildman–Crippen LogP) is 3.62. The van der Waals surface area contributed by atoms with E-state index in [0.29, 0.717) is 36.3 Å². The molecule has 5 aliphatic carbocycles. The second-order valence-electron chi connectivity index (χ2n) is 11.9. The summed E-state index contributed by atoms with van der Waals surface area (Å²) >= 11 is 6.87. The number of hydrogen-bond acceptors (Lipinski definition) is 7. The van der Waals surface area contributed by atoms with Gasteiger partial charge in [0.2, 0.25) is 5.78 Å². The number of Topliss-reactive ketones (excluding diaryl/α,β-unsaturated/α-hetero) is 2. The number of hydrogen-bond donors (Lipinski definition) is 0. The molecule has 3 saturated carbocycles. The molecule has 0 N–H and O–H groups in total. The molecule has 0 bridgehead atoms. The van der Waals surface area contributed by atoms with Gasteiger partial charge in [0.05, 0.1) is 5.41 Å². The van der Waals surface area contributed by atoms with Gasteiger partial charge in [0.1, 0.15) is 6.42 Å². The van der Waals surface area contributed by atoms with Crippen LogP contribution in [0, 0.1) is 34.0 Å². The first-order chi connectivity index (χ1) is 16.3. The van der Waals surface area contributed by atoms with Crippen molar-refractivity contribution >= 4 is 40.9 Å². The lowest BCUT2D eigenvalue weighted by molar-refractivity contribution is -0.188. The van der Waals surface area contributed by atoms with Crippen molar-refractivity contribution in [3.63, 3.8) is 0 Å². The summed E-state index contributed by atoms with van der Waals surface area (Å²) in [5.41, 5.74) is -4.42. The van der Waals surface area contributed by atoms with Crippen LogP contribution in [0.1, 0.15) is 66.2 Å². The Morgan fingerprint density at radius 3 is 2.43 bits per heavy atom. The molecule has 1 heterocycles. The molecule has 1 aliphatic heterocycles. The summed E-state index contributed by atoms with van der Waals surface area (Å²) in [6.07, 6.45) is 5.76. The fraction of sp³-hybridized carbons (Fsp3) is 0.667. The van der Waals surface area contributed by atoms with E-state index in [9.17, 15) is 24.0 Å².